The average molecular weight is 361 g/mol. The van der Waals surface area contributed by atoms with Gasteiger partial charge in [-0.05, 0) is 32.3 Å². The van der Waals surface area contributed by atoms with Crippen molar-refractivity contribution in [3.8, 4) is 0 Å². The van der Waals surface area contributed by atoms with Crippen LogP contribution >= 0.6 is 0 Å². The van der Waals surface area contributed by atoms with E-state index < -0.39 is 0 Å². The number of hydrogen-bond acceptors (Lipinski definition) is 3. The number of carbonyl (C=O) groups is 2. The number of halogens is 1. The summed E-state index contributed by atoms with van der Waals surface area (Å²) < 4.78 is 13.8. The molecule has 2 aliphatic rings. The van der Waals surface area contributed by atoms with E-state index in [9.17, 15) is 14.0 Å². The first-order chi connectivity index (χ1) is 12.4. The molecule has 0 N–H and O–H groups in total. The number of rotatable bonds is 5. The molecule has 2 heterocycles. The topological polar surface area (TPSA) is 43.9 Å². The van der Waals surface area contributed by atoms with E-state index >= 15 is 0 Å². The van der Waals surface area contributed by atoms with Gasteiger partial charge in [0, 0.05) is 50.7 Å². The molecule has 0 radical (unpaired) electrons. The normalized spacial score (nSPS) is 22.4. The maximum atomic E-state index is 13.8. The van der Waals surface area contributed by atoms with Gasteiger partial charge >= 0.3 is 0 Å². The van der Waals surface area contributed by atoms with E-state index in [1.165, 1.54) is 6.07 Å². The van der Waals surface area contributed by atoms with Gasteiger partial charge in [0.15, 0.2) is 0 Å². The molecular formula is C20H28FN3O2. The van der Waals surface area contributed by atoms with Gasteiger partial charge in [-0.15, -0.1) is 0 Å². The fraction of sp³-hybridized carbons (Fsp3) is 0.600. The van der Waals surface area contributed by atoms with Crippen LogP contribution < -0.4 is 0 Å². The molecule has 2 amide bonds. The van der Waals surface area contributed by atoms with Crippen LogP contribution in [0.2, 0.25) is 0 Å². The number of piperidine rings is 1. The fourth-order valence-corrected chi connectivity index (χ4v) is 3.87. The Balaban J connectivity index is 1.52. The van der Waals surface area contributed by atoms with E-state index in [0.29, 0.717) is 37.5 Å². The molecule has 0 bridgehead atoms. The van der Waals surface area contributed by atoms with Crippen molar-refractivity contribution in [2.24, 2.45) is 5.92 Å². The van der Waals surface area contributed by atoms with E-state index in [0.717, 1.165) is 26.1 Å². The maximum absolute atomic E-state index is 13.8. The highest BCUT2D eigenvalue weighted by Gasteiger charge is 2.31. The van der Waals surface area contributed by atoms with E-state index in [1.807, 2.05) is 18.7 Å². The molecule has 6 heteroatoms. The highest BCUT2D eigenvalue weighted by Crippen LogP contribution is 2.22. The van der Waals surface area contributed by atoms with Crippen LogP contribution in [-0.2, 0) is 16.1 Å². The summed E-state index contributed by atoms with van der Waals surface area (Å²) in [5, 5.41) is 0. The first-order valence-electron chi connectivity index (χ1n) is 9.47. The molecule has 0 saturated carbocycles. The van der Waals surface area contributed by atoms with Gasteiger partial charge in [-0.3, -0.25) is 14.5 Å². The zero-order valence-corrected chi connectivity index (χ0v) is 15.7. The summed E-state index contributed by atoms with van der Waals surface area (Å²) in [5.74, 6) is 0.443. The van der Waals surface area contributed by atoms with Crippen molar-refractivity contribution in [2.45, 2.75) is 39.3 Å². The summed E-state index contributed by atoms with van der Waals surface area (Å²) in [6, 6.07) is 6.84. The zero-order valence-electron chi connectivity index (χ0n) is 15.7. The van der Waals surface area contributed by atoms with E-state index in [1.54, 1.807) is 23.1 Å². The molecule has 0 aliphatic carbocycles. The SMILES string of the molecule is CC(C)N1CC(CN2CCN(Cc3ccccc3F)C(=O)C2)CCC1=O. The third-order valence-corrected chi connectivity index (χ3v) is 5.40. The minimum Gasteiger partial charge on any atom is -0.340 e. The highest BCUT2D eigenvalue weighted by atomic mass is 19.1. The number of nitrogens with zero attached hydrogens (tertiary/aromatic N) is 3. The van der Waals surface area contributed by atoms with Crippen molar-refractivity contribution < 1.29 is 14.0 Å². The summed E-state index contributed by atoms with van der Waals surface area (Å²) in [4.78, 5) is 30.3. The van der Waals surface area contributed by atoms with Gasteiger partial charge in [-0.25, -0.2) is 4.39 Å². The summed E-state index contributed by atoms with van der Waals surface area (Å²) in [5.41, 5.74) is 0.563. The molecule has 0 spiro atoms. The van der Waals surface area contributed by atoms with E-state index in [-0.39, 0.29) is 23.7 Å². The largest absolute Gasteiger partial charge is 0.340 e. The second-order valence-electron chi connectivity index (χ2n) is 7.69. The second-order valence-corrected chi connectivity index (χ2v) is 7.69. The molecule has 142 valence electrons. The smallest absolute Gasteiger partial charge is 0.237 e. The van der Waals surface area contributed by atoms with Crippen molar-refractivity contribution in [1.82, 2.24) is 14.7 Å². The van der Waals surface area contributed by atoms with Gasteiger partial charge in [0.05, 0.1) is 6.54 Å². The Morgan fingerprint density at radius 3 is 2.62 bits per heavy atom. The number of benzene rings is 1. The lowest BCUT2D eigenvalue weighted by atomic mass is 9.95. The van der Waals surface area contributed by atoms with Gasteiger partial charge in [0.2, 0.25) is 11.8 Å². The predicted molar refractivity (Wildman–Crippen MR) is 97.8 cm³/mol. The van der Waals surface area contributed by atoms with Crippen LogP contribution in [0.1, 0.15) is 32.3 Å². The summed E-state index contributed by atoms with van der Waals surface area (Å²) >= 11 is 0. The third-order valence-electron chi connectivity index (χ3n) is 5.40. The van der Waals surface area contributed by atoms with E-state index in [2.05, 4.69) is 4.90 Å². The number of amides is 2. The van der Waals surface area contributed by atoms with Crippen LogP contribution in [0.5, 0.6) is 0 Å². The van der Waals surface area contributed by atoms with Crippen molar-refractivity contribution in [2.75, 3.05) is 32.7 Å². The van der Waals surface area contributed by atoms with Gasteiger partial charge in [-0.2, -0.15) is 0 Å². The molecule has 1 atom stereocenters. The monoisotopic (exact) mass is 361 g/mol. The molecule has 2 saturated heterocycles. The zero-order chi connectivity index (χ0) is 18.7. The predicted octanol–water partition coefficient (Wildman–Crippen LogP) is 2.12. The number of hydrogen-bond donors (Lipinski definition) is 0. The van der Waals surface area contributed by atoms with Gasteiger partial charge in [0.25, 0.3) is 0 Å². The molecule has 3 rings (SSSR count). The Morgan fingerprint density at radius 2 is 1.92 bits per heavy atom. The molecule has 5 nitrogen and oxygen atoms in total. The first kappa shape index (κ1) is 18.8. The Hall–Kier alpha value is -1.95. The lowest BCUT2D eigenvalue weighted by Crippen LogP contribution is -2.53. The number of carbonyl (C=O) groups excluding carboxylic acids is 2. The van der Waals surface area contributed by atoms with Crippen LogP contribution in [0.3, 0.4) is 0 Å². The van der Waals surface area contributed by atoms with Crippen LogP contribution in [0, 0.1) is 11.7 Å². The van der Waals surface area contributed by atoms with Crippen molar-refractivity contribution in [3.63, 3.8) is 0 Å². The summed E-state index contributed by atoms with van der Waals surface area (Å²) in [7, 11) is 0. The Bertz CT molecular complexity index is 664. The Kier molecular flexibility index (Phi) is 5.91. The molecule has 1 unspecified atom stereocenters. The fourth-order valence-electron chi connectivity index (χ4n) is 3.87. The summed E-state index contributed by atoms with van der Waals surface area (Å²) in [6.45, 7) is 7.84. The number of likely N-dealkylation sites (tertiary alicyclic amines) is 1. The molecule has 2 aliphatic heterocycles. The van der Waals surface area contributed by atoms with Crippen LogP contribution in [-0.4, -0.2) is 65.3 Å². The van der Waals surface area contributed by atoms with Crippen LogP contribution in [0.25, 0.3) is 0 Å². The van der Waals surface area contributed by atoms with Crippen molar-refractivity contribution >= 4 is 11.8 Å². The standard InChI is InChI=1S/C20H28FN3O2/c1-15(2)24-12-16(7-8-19(24)25)11-22-9-10-23(20(26)14-22)13-17-5-3-4-6-18(17)21/h3-6,15-16H,7-14H2,1-2H3. The highest BCUT2D eigenvalue weighted by molar-refractivity contribution is 5.79. The Labute approximate surface area is 154 Å². The quantitative estimate of drug-likeness (QED) is 0.807. The van der Waals surface area contributed by atoms with Crippen molar-refractivity contribution in [1.29, 1.82) is 0 Å². The van der Waals surface area contributed by atoms with Gasteiger partial charge in [-0.1, -0.05) is 18.2 Å². The summed E-state index contributed by atoms with van der Waals surface area (Å²) in [6.07, 6.45) is 1.50. The van der Waals surface area contributed by atoms with Crippen LogP contribution in [0.15, 0.2) is 24.3 Å². The minimum atomic E-state index is -0.261. The maximum Gasteiger partial charge on any atom is 0.237 e. The Morgan fingerprint density at radius 1 is 1.15 bits per heavy atom. The molecule has 0 aromatic heterocycles. The van der Waals surface area contributed by atoms with Gasteiger partial charge in [0.1, 0.15) is 5.82 Å². The molecule has 2 fully saturated rings. The first-order valence-corrected chi connectivity index (χ1v) is 9.47. The second kappa shape index (κ2) is 8.16. The minimum absolute atomic E-state index is 0.0482. The van der Waals surface area contributed by atoms with E-state index in [4.69, 9.17) is 0 Å². The molecule has 1 aromatic rings. The number of piperazine rings is 1. The average Bonchev–Trinajstić information content (AvgIpc) is 2.60. The van der Waals surface area contributed by atoms with Crippen molar-refractivity contribution in [3.05, 3.63) is 35.6 Å². The molecule has 1 aromatic carbocycles. The lowest BCUT2D eigenvalue weighted by molar-refractivity contribution is -0.140. The molecular weight excluding hydrogens is 333 g/mol. The molecule has 26 heavy (non-hydrogen) atoms. The third kappa shape index (κ3) is 4.41. The van der Waals surface area contributed by atoms with Gasteiger partial charge < -0.3 is 9.80 Å². The lowest BCUT2D eigenvalue weighted by Gasteiger charge is -2.40. The van der Waals surface area contributed by atoms with Crippen LogP contribution in [0.4, 0.5) is 4.39 Å².